The molecular formula is C6H14N4O. The van der Waals surface area contributed by atoms with Gasteiger partial charge in [-0.2, -0.15) is 0 Å². The lowest BCUT2D eigenvalue weighted by molar-refractivity contribution is -0.120. The summed E-state index contributed by atoms with van der Waals surface area (Å²) >= 11 is 0. The maximum absolute atomic E-state index is 10.6. The molecule has 0 spiro atoms. The summed E-state index contributed by atoms with van der Waals surface area (Å²) in [4.78, 5) is 14.4. The van der Waals surface area contributed by atoms with Crippen molar-refractivity contribution in [2.75, 3.05) is 13.6 Å². The second kappa shape index (κ2) is 5.52. The van der Waals surface area contributed by atoms with Gasteiger partial charge in [0.2, 0.25) is 5.91 Å². The van der Waals surface area contributed by atoms with E-state index in [1.807, 2.05) is 0 Å². The molecule has 0 aliphatic rings. The van der Waals surface area contributed by atoms with Crippen LogP contribution in [-0.2, 0) is 4.79 Å². The zero-order valence-electron chi connectivity index (χ0n) is 6.63. The first-order valence-corrected chi connectivity index (χ1v) is 3.42. The predicted octanol–water partition coefficient (Wildman–Crippen LogP) is -1.21. The monoisotopic (exact) mass is 158 g/mol. The third kappa shape index (κ3) is 6.63. The first-order chi connectivity index (χ1) is 5.16. The van der Waals surface area contributed by atoms with Gasteiger partial charge in [0, 0.05) is 20.0 Å². The molecule has 5 N–H and O–H groups in total. The van der Waals surface area contributed by atoms with Crippen molar-refractivity contribution < 1.29 is 4.79 Å². The van der Waals surface area contributed by atoms with E-state index < -0.39 is 0 Å². The maximum Gasteiger partial charge on any atom is 0.219 e. The van der Waals surface area contributed by atoms with Crippen LogP contribution in [0.3, 0.4) is 0 Å². The van der Waals surface area contributed by atoms with Crippen LogP contribution in [0.4, 0.5) is 0 Å². The second-order valence-electron chi connectivity index (χ2n) is 2.08. The highest BCUT2D eigenvalue weighted by Gasteiger charge is 1.95. The van der Waals surface area contributed by atoms with Crippen molar-refractivity contribution in [2.24, 2.45) is 16.5 Å². The molecule has 0 atom stereocenters. The van der Waals surface area contributed by atoms with E-state index in [2.05, 4.69) is 10.3 Å². The smallest absolute Gasteiger partial charge is 0.219 e. The van der Waals surface area contributed by atoms with E-state index >= 15 is 0 Å². The molecule has 0 aromatic carbocycles. The molecular weight excluding hydrogens is 144 g/mol. The molecule has 0 unspecified atom stereocenters. The number of amides is 1. The Hall–Kier alpha value is -1.26. The van der Waals surface area contributed by atoms with Crippen LogP contribution in [0.2, 0.25) is 0 Å². The Balaban J connectivity index is 3.28. The lowest BCUT2D eigenvalue weighted by Gasteiger charge is -1.96. The summed E-state index contributed by atoms with van der Waals surface area (Å²) in [7, 11) is 1.60. The largest absolute Gasteiger partial charge is 0.370 e. The molecule has 0 saturated heterocycles. The highest BCUT2D eigenvalue weighted by atomic mass is 16.1. The van der Waals surface area contributed by atoms with Crippen LogP contribution in [0.5, 0.6) is 0 Å². The molecule has 1 amide bonds. The van der Waals surface area contributed by atoms with Gasteiger partial charge in [-0.15, -0.1) is 0 Å². The van der Waals surface area contributed by atoms with Gasteiger partial charge in [-0.3, -0.25) is 9.79 Å². The fourth-order valence-corrected chi connectivity index (χ4v) is 0.573. The van der Waals surface area contributed by atoms with Gasteiger partial charge in [-0.1, -0.05) is 0 Å². The zero-order chi connectivity index (χ0) is 8.69. The first-order valence-electron chi connectivity index (χ1n) is 3.42. The van der Waals surface area contributed by atoms with Crippen molar-refractivity contribution in [3.63, 3.8) is 0 Å². The number of hydrogen-bond acceptors (Lipinski definition) is 2. The van der Waals surface area contributed by atoms with Crippen molar-refractivity contribution in [3.8, 4) is 0 Å². The van der Waals surface area contributed by atoms with Crippen molar-refractivity contribution >= 4 is 11.9 Å². The molecule has 0 aromatic rings. The van der Waals surface area contributed by atoms with Crippen LogP contribution in [0.1, 0.15) is 12.8 Å². The van der Waals surface area contributed by atoms with E-state index in [4.69, 9.17) is 11.5 Å². The summed E-state index contributed by atoms with van der Waals surface area (Å²) in [6, 6.07) is 0. The minimum Gasteiger partial charge on any atom is -0.370 e. The van der Waals surface area contributed by atoms with Crippen molar-refractivity contribution in [2.45, 2.75) is 12.8 Å². The van der Waals surface area contributed by atoms with Gasteiger partial charge < -0.3 is 16.8 Å². The Morgan fingerprint density at radius 2 is 2.18 bits per heavy atom. The summed E-state index contributed by atoms with van der Waals surface area (Å²) in [5.74, 6) is 0.0812. The van der Waals surface area contributed by atoms with Crippen LogP contribution in [0, 0.1) is 0 Å². The number of carbonyl (C=O) groups excluding carboxylic acids is 1. The Kier molecular flexibility index (Phi) is 4.89. The molecule has 0 fully saturated rings. The number of nitrogens with zero attached hydrogens (tertiary/aromatic N) is 1. The number of hydrogen-bond donors (Lipinski definition) is 3. The van der Waals surface area contributed by atoms with Gasteiger partial charge in [0.25, 0.3) is 0 Å². The Morgan fingerprint density at radius 1 is 1.55 bits per heavy atom. The quantitative estimate of drug-likeness (QED) is 0.272. The van der Waals surface area contributed by atoms with Crippen molar-refractivity contribution in [1.82, 2.24) is 5.32 Å². The van der Waals surface area contributed by atoms with Crippen LogP contribution < -0.4 is 16.8 Å². The second-order valence-corrected chi connectivity index (χ2v) is 2.08. The molecule has 0 heterocycles. The summed E-state index contributed by atoms with van der Waals surface area (Å²) in [5.41, 5.74) is 10.1. The number of rotatable bonds is 4. The molecule has 11 heavy (non-hydrogen) atoms. The molecule has 5 nitrogen and oxygen atoms in total. The molecule has 0 aliphatic carbocycles. The lowest BCUT2D eigenvalue weighted by Crippen LogP contribution is -2.23. The van der Waals surface area contributed by atoms with Crippen LogP contribution in [0.25, 0.3) is 0 Å². The lowest BCUT2D eigenvalue weighted by atomic mass is 10.3. The van der Waals surface area contributed by atoms with Gasteiger partial charge >= 0.3 is 0 Å². The van der Waals surface area contributed by atoms with E-state index in [1.54, 1.807) is 7.05 Å². The number of nitrogens with one attached hydrogen (secondary N) is 1. The molecule has 0 rings (SSSR count). The van der Waals surface area contributed by atoms with Gasteiger partial charge in [0.05, 0.1) is 0 Å². The van der Waals surface area contributed by atoms with Crippen LogP contribution >= 0.6 is 0 Å². The van der Waals surface area contributed by atoms with Gasteiger partial charge in [0.15, 0.2) is 5.96 Å². The van der Waals surface area contributed by atoms with E-state index in [0.717, 1.165) is 0 Å². The summed E-state index contributed by atoms with van der Waals surface area (Å²) in [6.45, 7) is 0.510. The molecule has 0 saturated carbocycles. The van der Waals surface area contributed by atoms with Crippen LogP contribution in [-0.4, -0.2) is 25.5 Å². The molecule has 5 heteroatoms. The Morgan fingerprint density at radius 3 is 2.64 bits per heavy atom. The highest BCUT2D eigenvalue weighted by Crippen LogP contribution is 1.88. The maximum atomic E-state index is 10.6. The third-order valence-electron chi connectivity index (χ3n) is 1.14. The SMILES string of the molecule is CNC(=O)CCCN=C(N)N. The van der Waals surface area contributed by atoms with Crippen LogP contribution in [0.15, 0.2) is 4.99 Å². The van der Waals surface area contributed by atoms with Gasteiger partial charge in [0.1, 0.15) is 0 Å². The average Bonchev–Trinajstić information content (AvgIpc) is 1.97. The molecule has 0 aliphatic heterocycles. The minimum absolute atomic E-state index is 0.00999. The topological polar surface area (TPSA) is 93.5 Å². The number of carbonyl (C=O) groups is 1. The fraction of sp³-hybridized carbons (Fsp3) is 0.667. The van der Waals surface area contributed by atoms with E-state index in [-0.39, 0.29) is 11.9 Å². The van der Waals surface area contributed by atoms with E-state index in [1.165, 1.54) is 0 Å². The zero-order valence-corrected chi connectivity index (χ0v) is 6.63. The first kappa shape index (κ1) is 9.74. The summed E-state index contributed by atoms with van der Waals surface area (Å²) in [6.07, 6.45) is 1.14. The molecule has 0 aromatic heterocycles. The molecule has 64 valence electrons. The fourth-order valence-electron chi connectivity index (χ4n) is 0.573. The number of aliphatic imine (C=N–C) groups is 1. The standard InChI is InChI=1S/C6H14N4O/c1-9-5(11)3-2-4-10-6(7)8/h2-4H2,1H3,(H,9,11)(H4,7,8,10). The predicted molar refractivity (Wildman–Crippen MR) is 44.0 cm³/mol. The minimum atomic E-state index is 0.00999. The number of guanidine groups is 1. The average molecular weight is 158 g/mol. The highest BCUT2D eigenvalue weighted by molar-refractivity contribution is 5.76. The summed E-state index contributed by atoms with van der Waals surface area (Å²) in [5, 5.41) is 2.50. The normalized spacial score (nSPS) is 8.82. The van der Waals surface area contributed by atoms with Crippen molar-refractivity contribution in [3.05, 3.63) is 0 Å². The van der Waals surface area contributed by atoms with Gasteiger partial charge in [-0.05, 0) is 6.42 Å². The third-order valence-corrected chi connectivity index (χ3v) is 1.14. The summed E-state index contributed by atoms with van der Waals surface area (Å²) < 4.78 is 0. The Labute approximate surface area is 65.9 Å². The Bertz CT molecular complexity index is 151. The molecule has 0 bridgehead atoms. The van der Waals surface area contributed by atoms with E-state index in [9.17, 15) is 4.79 Å². The van der Waals surface area contributed by atoms with E-state index in [0.29, 0.717) is 19.4 Å². The molecule has 0 radical (unpaired) electrons. The van der Waals surface area contributed by atoms with Crippen molar-refractivity contribution in [1.29, 1.82) is 0 Å². The van der Waals surface area contributed by atoms with Gasteiger partial charge in [-0.25, -0.2) is 0 Å². The number of nitrogens with two attached hydrogens (primary N) is 2.